The molecule has 0 atom stereocenters. The van der Waals surface area contributed by atoms with Gasteiger partial charge in [0.05, 0.1) is 5.69 Å². The van der Waals surface area contributed by atoms with E-state index in [-0.39, 0.29) is 11.2 Å². The molecule has 3 aromatic heterocycles. The molecule has 2 aromatic carbocycles. The number of para-hydroxylation sites is 1. The Balaban J connectivity index is 1.58. The van der Waals surface area contributed by atoms with Gasteiger partial charge in [-0.25, -0.2) is 9.78 Å². The van der Waals surface area contributed by atoms with E-state index >= 15 is 0 Å². The SMILES string of the molecule is CCCCc1nc2c(c(=O)n(CC)c(=O)n2CCC)n1Cc1ccc(-c2ccccc2-n2cnnn2)cc1. The van der Waals surface area contributed by atoms with Gasteiger partial charge in [0.25, 0.3) is 5.56 Å². The molecule has 0 saturated carbocycles. The molecule has 10 nitrogen and oxygen atoms in total. The van der Waals surface area contributed by atoms with Crippen LogP contribution in [0.5, 0.6) is 0 Å². The van der Waals surface area contributed by atoms with Crippen LogP contribution in [0, 0.1) is 0 Å². The molecule has 0 saturated heterocycles. The fourth-order valence-corrected chi connectivity index (χ4v) is 4.90. The van der Waals surface area contributed by atoms with Crippen molar-refractivity contribution < 1.29 is 0 Å². The van der Waals surface area contributed by atoms with Crippen molar-refractivity contribution in [2.75, 3.05) is 0 Å². The maximum absolute atomic E-state index is 13.5. The fraction of sp³-hybridized carbons (Fsp3) is 0.357. The maximum Gasteiger partial charge on any atom is 0.332 e. The molecule has 0 N–H and O–H groups in total. The largest absolute Gasteiger partial charge is 0.332 e. The van der Waals surface area contributed by atoms with Crippen LogP contribution < -0.4 is 11.2 Å². The molecular formula is C28H32N8O2. The molecule has 0 aliphatic rings. The monoisotopic (exact) mass is 512 g/mol. The maximum atomic E-state index is 13.5. The molecule has 10 heteroatoms. The summed E-state index contributed by atoms with van der Waals surface area (Å²) in [4.78, 5) is 31.4. The van der Waals surface area contributed by atoms with Crippen LogP contribution >= 0.6 is 0 Å². The second-order valence-corrected chi connectivity index (χ2v) is 9.34. The van der Waals surface area contributed by atoms with E-state index in [1.165, 1.54) is 4.57 Å². The van der Waals surface area contributed by atoms with Crippen LogP contribution in [0.4, 0.5) is 0 Å². The van der Waals surface area contributed by atoms with Crippen molar-refractivity contribution in [1.82, 2.24) is 38.9 Å². The Morgan fingerprint density at radius 3 is 2.34 bits per heavy atom. The van der Waals surface area contributed by atoms with E-state index in [0.29, 0.717) is 30.8 Å². The van der Waals surface area contributed by atoms with E-state index in [0.717, 1.165) is 53.9 Å². The lowest BCUT2D eigenvalue weighted by Crippen LogP contribution is -2.40. The second-order valence-electron chi connectivity index (χ2n) is 9.34. The van der Waals surface area contributed by atoms with Gasteiger partial charge >= 0.3 is 5.69 Å². The van der Waals surface area contributed by atoms with Crippen molar-refractivity contribution in [3.8, 4) is 16.8 Å². The van der Waals surface area contributed by atoms with Gasteiger partial charge in [0, 0.05) is 31.6 Å². The normalized spacial score (nSPS) is 11.4. The zero-order valence-corrected chi connectivity index (χ0v) is 22.0. The third-order valence-corrected chi connectivity index (χ3v) is 6.82. The van der Waals surface area contributed by atoms with Gasteiger partial charge in [-0.1, -0.05) is 62.7 Å². The first-order valence-corrected chi connectivity index (χ1v) is 13.2. The molecule has 0 spiro atoms. The Morgan fingerprint density at radius 2 is 1.66 bits per heavy atom. The Kier molecular flexibility index (Phi) is 7.30. The summed E-state index contributed by atoms with van der Waals surface area (Å²) in [6.07, 6.45) is 5.07. The number of hydrogen-bond donors (Lipinski definition) is 0. The molecule has 5 rings (SSSR count). The summed E-state index contributed by atoms with van der Waals surface area (Å²) in [5.74, 6) is 0.838. The van der Waals surface area contributed by atoms with Crippen molar-refractivity contribution in [2.45, 2.75) is 66.1 Å². The Hall–Kier alpha value is -4.34. The zero-order valence-electron chi connectivity index (χ0n) is 22.0. The predicted molar refractivity (Wildman–Crippen MR) is 147 cm³/mol. The number of rotatable bonds is 10. The number of tetrazole rings is 1. The highest BCUT2D eigenvalue weighted by molar-refractivity contribution is 5.73. The van der Waals surface area contributed by atoms with Gasteiger partial charge in [-0.3, -0.25) is 13.9 Å². The Bertz CT molecular complexity index is 1660. The van der Waals surface area contributed by atoms with Crippen molar-refractivity contribution in [2.24, 2.45) is 0 Å². The van der Waals surface area contributed by atoms with Crippen LogP contribution in [0.25, 0.3) is 28.0 Å². The molecule has 0 aliphatic heterocycles. The molecule has 196 valence electrons. The summed E-state index contributed by atoms with van der Waals surface area (Å²) in [7, 11) is 0. The highest BCUT2D eigenvalue weighted by atomic mass is 16.2. The van der Waals surface area contributed by atoms with Crippen LogP contribution in [0.15, 0.2) is 64.4 Å². The minimum Gasteiger partial charge on any atom is -0.318 e. The van der Waals surface area contributed by atoms with Gasteiger partial charge < -0.3 is 4.57 Å². The number of nitrogens with zero attached hydrogens (tertiary/aromatic N) is 8. The van der Waals surface area contributed by atoms with Crippen LogP contribution in [0.2, 0.25) is 0 Å². The minimum atomic E-state index is -0.288. The summed E-state index contributed by atoms with van der Waals surface area (Å²) < 4.78 is 6.63. The molecule has 0 amide bonds. The first-order valence-electron chi connectivity index (χ1n) is 13.2. The van der Waals surface area contributed by atoms with E-state index in [2.05, 4.69) is 46.7 Å². The smallest absolute Gasteiger partial charge is 0.318 e. The number of unbranched alkanes of at least 4 members (excludes halogenated alkanes) is 1. The molecule has 0 aliphatic carbocycles. The fourth-order valence-electron chi connectivity index (χ4n) is 4.90. The quantitative estimate of drug-likeness (QED) is 0.282. The molecular weight excluding hydrogens is 480 g/mol. The Morgan fingerprint density at radius 1 is 0.868 bits per heavy atom. The molecule has 0 radical (unpaired) electrons. The van der Waals surface area contributed by atoms with Gasteiger partial charge in [-0.05, 0) is 47.4 Å². The van der Waals surface area contributed by atoms with Crippen molar-refractivity contribution in [1.29, 1.82) is 0 Å². The average Bonchev–Trinajstić information content (AvgIpc) is 3.60. The van der Waals surface area contributed by atoms with E-state index < -0.39 is 0 Å². The van der Waals surface area contributed by atoms with E-state index in [9.17, 15) is 9.59 Å². The summed E-state index contributed by atoms with van der Waals surface area (Å²) in [5, 5.41) is 11.6. The second kappa shape index (κ2) is 11.0. The van der Waals surface area contributed by atoms with E-state index in [1.54, 1.807) is 15.6 Å². The lowest BCUT2D eigenvalue weighted by Gasteiger charge is -2.13. The topological polar surface area (TPSA) is 105 Å². The van der Waals surface area contributed by atoms with Crippen LogP contribution in [-0.2, 0) is 26.1 Å². The van der Waals surface area contributed by atoms with Gasteiger partial charge in [0.1, 0.15) is 12.2 Å². The number of aryl methyl sites for hydroxylation is 2. The third-order valence-electron chi connectivity index (χ3n) is 6.82. The summed E-state index contributed by atoms with van der Waals surface area (Å²) >= 11 is 0. The van der Waals surface area contributed by atoms with E-state index in [4.69, 9.17) is 4.98 Å². The van der Waals surface area contributed by atoms with Crippen LogP contribution in [0.1, 0.15) is 51.4 Å². The molecule has 3 heterocycles. The lowest BCUT2D eigenvalue weighted by atomic mass is 10.0. The first-order chi connectivity index (χ1) is 18.6. The highest BCUT2D eigenvalue weighted by Crippen LogP contribution is 2.27. The van der Waals surface area contributed by atoms with Gasteiger partial charge in [0.15, 0.2) is 11.2 Å². The predicted octanol–water partition coefficient (Wildman–Crippen LogP) is 3.82. The standard InChI is InChI=1S/C28H32N8O2/c1-4-7-12-24-30-26-25(27(37)33(6-3)28(38)34(26)17-5-2)35(24)18-20-13-15-21(16-14-20)22-10-8-9-11-23(22)36-19-29-31-32-36/h8-11,13-16,19H,4-7,12,17-18H2,1-3H3. The number of imidazole rings is 1. The third kappa shape index (κ3) is 4.57. The summed E-state index contributed by atoms with van der Waals surface area (Å²) in [5.41, 5.74) is 4.40. The minimum absolute atomic E-state index is 0.276. The van der Waals surface area contributed by atoms with Crippen molar-refractivity contribution in [3.63, 3.8) is 0 Å². The summed E-state index contributed by atoms with van der Waals surface area (Å²) in [6, 6.07) is 16.2. The molecule has 38 heavy (non-hydrogen) atoms. The molecule has 5 aromatic rings. The molecule has 0 fully saturated rings. The van der Waals surface area contributed by atoms with Gasteiger partial charge in [-0.15, -0.1) is 5.10 Å². The number of fused-ring (bicyclic) bond motifs is 1. The average molecular weight is 513 g/mol. The zero-order chi connectivity index (χ0) is 26.6. The van der Waals surface area contributed by atoms with Crippen molar-refractivity contribution in [3.05, 3.63) is 87.1 Å². The van der Waals surface area contributed by atoms with E-state index in [1.807, 2.05) is 42.7 Å². The number of hydrogen-bond acceptors (Lipinski definition) is 6. The molecule has 0 bridgehead atoms. The van der Waals surface area contributed by atoms with Crippen LogP contribution in [-0.4, -0.2) is 38.9 Å². The van der Waals surface area contributed by atoms with Crippen LogP contribution in [0.3, 0.4) is 0 Å². The molecule has 0 unspecified atom stereocenters. The van der Waals surface area contributed by atoms with Crippen molar-refractivity contribution >= 4 is 11.2 Å². The lowest BCUT2D eigenvalue weighted by molar-refractivity contribution is 0.578. The first kappa shape index (κ1) is 25.3. The Labute approximate surface area is 220 Å². The van der Waals surface area contributed by atoms with Gasteiger partial charge in [-0.2, -0.15) is 4.68 Å². The van der Waals surface area contributed by atoms with Gasteiger partial charge in [0.2, 0.25) is 0 Å². The highest BCUT2D eigenvalue weighted by Gasteiger charge is 2.21. The number of benzene rings is 2. The number of aromatic nitrogens is 8. The summed E-state index contributed by atoms with van der Waals surface area (Å²) in [6.45, 7) is 7.32.